The molecule has 1 saturated heterocycles. The Bertz CT molecular complexity index is 1020. The third kappa shape index (κ3) is 3.46. The zero-order valence-corrected chi connectivity index (χ0v) is 15.6. The Kier molecular flexibility index (Phi) is 4.78. The number of ether oxygens (including phenoxy) is 1. The number of hydrogen-bond donors (Lipinski definition) is 1. The second kappa shape index (κ2) is 7.39. The molecule has 2 aromatic heterocycles. The minimum atomic E-state index is -0.575. The van der Waals surface area contributed by atoms with Crippen molar-refractivity contribution in [1.82, 2.24) is 19.9 Å². The fourth-order valence-electron chi connectivity index (χ4n) is 2.95. The van der Waals surface area contributed by atoms with Crippen LogP contribution in [0.4, 0.5) is 14.9 Å². The Labute approximate surface area is 163 Å². The molecule has 1 aliphatic rings. The molecule has 0 spiro atoms. The van der Waals surface area contributed by atoms with Crippen LogP contribution in [0.1, 0.15) is 6.92 Å². The summed E-state index contributed by atoms with van der Waals surface area (Å²) in [5.41, 5.74) is 0.682. The van der Waals surface area contributed by atoms with Crippen molar-refractivity contribution in [2.75, 3.05) is 18.0 Å². The summed E-state index contributed by atoms with van der Waals surface area (Å²) in [4.78, 5) is 32.9. The second-order valence-electron chi connectivity index (χ2n) is 6.15. The number of rotatable bonds is 5. The fourth-order valence-corrected chi connectivity index (χ4v) is 3.57. The third-order valence-electron chi connectivity index (χ3n) is 4.22. The van der Waals surface area contributed by atoms with Crippen LogP contribution in [0.15, 0.2) is 42.2 Å². The number of halogens is 1. The lowest BCUT2D eigenvalue weighted by Crippen LogP contribution is -2.33. The van der Waals surface area contributed by atoms with Crippen molar-refractivity contribution in [3.8, 4) is 16.5 Å². The molecule has 0 unspecified atom stereocenters. The van der Waals surface area contributed by atoms with Crippen LogP contribution in [0, 0.1) is 5.82 Å². The lowest BCUT2D eigenvalue weighted by Gasteiger charge is -2.15. The molecular weight excluding hydrogens is 385 g/mol. The topological polar surface area (TPSA) is 89.4 Å². The quantitative estimate of drug-likeness (QED) is 0.710. The van der Waals surface area contributed by atoms with Gasteiger partial charge in [-0.05, 0) is 18.2 Å². The third-order valence-corrected chi connectivity index (χ3v) is 4.99. The van der Waals surface area contributed by atoms with Gasteiger partial charge in [-0.1, -0.05) is 0 Å². The van der Waals surface area contributed by atoms with Gasteiger partial charge in [0.2, 0.25) is 5.91 Å². The van der Waals surface area contributed by atoms with Crippen LogP contribution in [-0.4, -0.2) is 45.7 Å². The smallest absolute Gasteiger partial charge is 0.414 e. The Morgan fingerprint density at radius 3 is 2.96 bits per heavy atom. The van der Waals surface area contributed by atoms with Crippen LogP contribution in [0.25, 0.3) is 16.5 Å². The van der Waals surface area contributed by atoms with E-state index in [9.17, 15) is 14.0 Å². The van der Waals surface area contributed by atoms with Crippen LogP contribution >= 0.6 is 11.3 Å². The van der Waals surface area contributed by atoms with E-state index < -0.39 is 18.0 Å². The number of nitrogens with one attached hydrogen (secondary N) is 1. The first-order valence-corrected chi connectivity index (χ1v) is 9.36. The highest BCUT2D eigenvalue weighted by atomic mass is 32.1. The average molecular weight is 401 g/mol. The highest BCUT2D eigenvalue weighted by Gasteiger charge is 2.32. The number of benzene rings is 1. The number of thiazole rings is 1. The zero-order chi connectivity index (χ0) is 19.7. The van der Waals surface area contributed by atoms with Gasteiger partial charge in [0, 0.05) is 30.9 Å². The van der Waals surface area contributed by atoms with E-state index in [1.54, 1.807) is 35.3 Å². The van der Waals surface area contributed by atoms with E-state index in [1.165, 1.54) is 29.2 Å². The van der Waals surface area contributed by atoms with E-state index in [4.69, 9.17) is 4.74 Å². The van der Waals surface area contributed by atoms with Crippen molar-refractivity contribution in [2.24, 2.45) is 0 Å². The normalized spacial score (nSPS) is 16.3. The molecule has 144 valence electrons. The minimum Gasteiger partial charge on any atom is -0.442 e. The van der Waals surface area contributed by atoms with E-state index in [1.807, 2.05) is 5.38 Å². The summed E-state index contributed by atoms with van der Waals surface area (Å²) < 4.78 is 21.7. The monoisotopic (exact) mass is 401 g/mol. The zero-order valence-electron chi connectivity index (χ0n) is 14.8. The maximum Gasteiger partial charge on any atom is 0.414 e. The summed E-state index contributed by atoms with van der Waals surface area (Å²) in [5, 5.41) is 5.11. The van der Waals surface area contributed by atoms with Gasteiger partial charge >= 0.3 is 6.09 Å². The number of carbonyl (C=O) groups excluding carboxylic acids is 2. The molecule has 8 nitrogen and oxygen atoms in total. The summed E-state index contributed by atoms with van der Waals surface area (Å²) in [6.45, 7) is 1.83. The molecule has 1 atom stereocenters. The first-order valence-electron chi connectivity index (χ1n) is 8.48. The van der Waals surface area contributed by atoms with Crippen LogP contribution in [0.5, 0.6) is 0 Å². The molecule has 28 heavy (non-hydrogen) atoms. The maximum atomic E-state index is 14.9. The molecule has 2 amide bonds. The van der Waals surface area contributed by atoms with E-state index in [-0.39, 0.29) is 19.0 Å². The number of aromatic nitrogens is 3. The molecule has 1 N–H and O–H groups in total. The molecule has 1 aromatic carbocycles. The van der Waals surface area contributed by atoms with Crippen LogP contribution in [-0.2, 0) is 9.53 Å². The predicted molar refractivity (Wildman–Crippen MR) is 101 cm³/mol. The van der Waals surface area contributed by atoms with Crippen molar-refractivity contribution in [3.63, 3.8) is 0 Å². The second-order valence-corrected chi connectivity index (χ2v) is 7.04. The molecule has 3 heterocycles. The number of imidazole rings is 1. The number of nitrogens with zero attached hydrogens (tertiary/aromatic N) is 4. The number of amides is 2. The number of carbonyl (C=O) groups is 2. The maximum absolute atomic E-state index is 14.9. The molecule has 0 radical (unpaired) electrons. The van der Waals surface area contributed by atoms with Crippen molar-refractivity contribution >= 4 is 29.0 Å². The highest BCUT2D eigenvalue weighted by Crippen LogP contribution is 2.28. The summed E-state index contributed by atoms with van der Waals surface area (Å²) in [6.07, 6.45) is 3.84. The first kappa shape index (κ1) is 18.1. The summed E-state index contributed by atoms with van der Waals surface area (Å²) in [6, 6.07) is 4.51. The fraction of sp³-hybridized carbons (Fsp3) is 0.222. The molecule has 1 aliphatic heterocycles. The minimum absolute atomic E-state index is 0.207. The van der Waals surface area contributed by atoms with Crippen molar-refractivity contribution in [2.45, 2.75) is 13.0 Å². The number of hydrogen-bond acceptors (Lipinski definition) is 6. The highest BCUT2D eigenvalue weighted by molar-refractivity contribution is 7.13. The van der Waals surface area contributed by atoms with Gasteiger partial charge < -0.3 is 10.1 Å². The van der Waals surface area contributed by atoms with Gasteiger partial charge in [-0.2, -0.15) is 0 Å². The van der Waals surface area contributed by atoms with E-state index in [2.05, 4.69) is 15.3 Å². The van der Waals surface area contributed by atoms with Crippen molar-refractivity contribution < 1.29 is 18.7 Å². The molecule has 0 bridgehead atoms. The number of cyclic esters (lactones) is 1. The lowest BCUT2D eigenvalue weighted by atomic mass is 10.2. The first-order chi connectivity index (χ1) is 13.5. The van der Waals surface area contributed by atoms with Crippen LogP contribution < -0.4 is 10.2 Å². The Hall–Kier alpha value is -3.27. The van der Waals surface area contributed by atoms with Crippen LogP contribution in [0.3, 0.4) is 0 Å². The molecular formula is C18H16FN5O3S. The largest absolute Gasteiger partial charge is 0.442 e. The van der Waals surface area contributed by atoms with E-state index >= 15 is 0 Å². The molecule has 0 aliphatic carbocycles. The Balaban J connectivity index is 1.57. The Morgan fingerprint density at radius 1 is 1.39 bits per heavy atom. The van der Waals surface area contributed by atoms with E-state index in [0.29, 0.717) is 22.2 Å². The van der Waals surface area contributed by atoms with Crippen LogP contribution in [0.2, 0.25) is 0 Å². The van der Waals surface area contributed by atoms with Gasteiger partial charge in [0.15, 0.2) is 10.8 Å². The van der Waals surface area contributed by atoms with Gasteiger partial charge in [0.05, 0.1) is 24.5 Å². The standard InChI is InChI=1S/C18H16FN5O3S/c1-11(25)22-9-13-10-24(18(26)27-13)12-2-3-15(14(19)8-12)23-6-4-20-16(23)17-21-5-7-28-17/h2-8,13H,9-10H2,1H3,(H,22,25)/t13-/m0/s1. The average Bonchev–Trinajstić information content (AvgIpc) is 3.40. The Morgan fingerprint density at radius 2 is 2.25 bits per heavy atom. The lowest BCUT2D eigenvalue weighted by molar-refractivity contribution is -0.119. The molecule has 0 saturated carbocycles. The van der Waals surface area contributed by atoms with Gasteiger partial charge in [-0.15, -0.1) is 11.3 Å². The van der Waals surface area contributed by atoms with Gasteiger partial charge in [0.25, 0.3) is 0 Å². The summed E-state index contributed by atoms with van der Waals surface area (Å²) >= 11 is 1.41. The SMILES string of the molecule is CC(=O)NC[C@H]1CN(c2ccc(-n3ccnc3-c3nccs3)c(F)c2)C(=O)O1. The molecule has 1 fully saturated rings. The number of anilines is 1. The van der Waals surface area contributed by atoms with Gasteiger partial charge in [-0.3, -0.25) is 14.3 Å². The van der Waals surface area contributed by atoms with E-state index in [0.717, 1.165) is 0 Å². The predicted octanol–water partition coefficient (Wildman–Crippen LogP) is 2.60. The molecule has 4 rings (SSSR count). The molecule has 10 heteroatoms. The van der Waals surface area contributed by atoms with Gasteiger partial charge in [0.1, 0.15) is 11.9 Å². The summed E-state index contributed by atoms with van der Waals surface area (Å²) in [5.74, 6) is -0.176. The van der Waals surface area contributed by atoms with Crippen molar-refractivity contribution in [3.05, 3.63) is 48.0 Å². The van der Waals surface area contributed by atoms with Crippen molar-refractivity contribution in [1.29, 1.82) is 0 Å². The van der Waals surface area contributed by atoms with Gasteiger partial charge in [-0.25, -0.2) is 19.2 Å². The molecule has 3 aromatic rings. The summed E-state index contributed by atoms with van der Waals surface area (Å²) in [7, 11) is 0.